The molecule has 2 nitrogen and oxygen atoms in total. The van der Waals surface area contributed by atoms with Crippen molar-refractivity contribution in [2.24, 2.45) is 0 Å². The molecule has 0 aliphatic carbocycles. The monoisotopic (exact) mass is 358 g/mol. The van der Waals surface area contributed by atoms with Gasteiger partial charge in [0, 0.05) is 6.08 Å². The lowest BCUT2D eigenvalue weighted by atomic mass is 10.0. The van der Waals surface area contributed by atoms with Gasteiger partial charge in [0.25, 0.3) is 0 Å². The van der Waals surface area contributed by atoms with E-state index in [4.69, 9.17) is 0 Å². The average molecular weight is 358 g/mol. The van der Waals surface area contributed by atoms with Crippen LogP contribution in [0.3, 0.4) is 0 Å². The third-order valence-corrected chi connectivity index (χ3v) is 3.99. The minimum absolute atomic E-state index is 0.0979. The first-order valence-corrected chi connectivity index (χ1v) is 8.96. The number of rotatable bonds is 9. The van der Waals surface area contributed by atoms with Crippen LogP contribution in [0.2, 0.25) is 0 Å². The molecule has 0 saturated heterocycles. The van der Waals surface area contributed by atoms with Crippen molar-refractivity contribution in [3.05, 3.63) is 72.3 Å². The summed E-state index contributed by atoms with van der Waals surface area (Å²) in [4.78, 5) is 11.9. The Kier molecular flexibility index (Phi) is 7.52. The van der Waals surface area contributed by atoms with E-state index in [9.17, 15) is 13.6 Å². The zero-order valence-electron chi connectivity index (χ0n) is 15.0. The Morgan fingerprint density at radius 1 is 0.962 bits per heavy atom. The van der Waals surface area contributed by atoms with Crippen LogP contribution in [0.15, 0.2) is 66.7 Å². The predicted octanol–water partition coefficient (Wildman–Crippen LogP) is 6.63. The third-order valence-electron chi connectivity index (χ3n) is 3.99. The van der Waals surface area contributed by atoms with Gasteiger partial charge >= 0.3 is 12.1 Å². The van der Waals surface area contributed by atoms with Gasteiger partial charge in [-0.2, -0.15) is 8.78 Å². The molecule has 2 rings (SSSR count). The molecule has 0 heterocycles. The Hall–Kier alpha value is -2.49. The van der Waals surface area contributed by atoms with E-state index in [2.05, 4.69) is 11.7 Å². The lowest BCUT2D eigenvalue weighted by Gasteiger charge is -2.13. The second-order valence-electron chi connectivity index (χ2n) is 6.15. The largest absolute Gasteiger partial charge is 0.421 e. The number of unbranched alkanes of at least 4 members (excludes halogenated alkanes) is 4. The van der Waals surface area contributed by atoms with Crippen LogP contribution in [0.25, 0.3) is 11.1 Å². The molecule has 0 spiro atoms. The normalized spacial score (nSPS) is 11.7. The number of alkyl halides is 2. The number of esters is 1. The minimum atomic E-state index is -3.60. The van der Waals surface area contributed by atoms with Crippen molar-refractivity contribution in [3.63, 3.8) is 0 Å². The van der Waals surface area contributed by atoms with Gasteiger partial charge in [0.05, 0.1) is 5.56 Å². The Labute approximate surface area is 153 Å². The Bertz CT molecular complexity index is 707. The molecule has 0 N–H and O–H groups in total. The summed E-state index contributed by atoms with van der Waals surface area (Å²) in [6.45, 7) is 2.09. The molecule has 0 bridgehead atoms. The smallest absolute Gasteiger partial charge is 0.394 e. The van der Waals surface area contributed by atoms with E-state index < -0.39 is 12.1 Å². The van der Waals surface area contributed by atoms with Gasteiger partial charge in [-0.15, -0.1) is 0 Å². The molecule has 0 radical (unpaired) electrons. The second kappa shape index (κ2) is 9.85. The van der Waals surface area contributed by atoms with Crippen LogP contribution >= 0.6 is 0 Å². The van der Waals surface area contributed by atoms with Crippen LogP contribution in [0.1, 0.15) is 49.4 Å². The predicted molar refractivity (Wildman–Crippen MR) is 100 cm³/mol. The summed E-state index contributed by atoms with van der Waals surface area (Å²) in [5, 5.41) is 0. The van der Waals surface area contributed by atoms with Crippen LogP contribution in [-0.2, 0) is 4.74 Å². The van der Waals surface area contributed by atoms with Gasteiger partial charge in [-0.3, -0.25) is 0 Å². The van der Waals surface area contributed by atoms with Crippen LogP contribution < -0.4 is 0 Å². The first-order chi connectivity index (χ1) is 12.5. The number of allylic oxidation sites excluding steroid dienone is 1. The summed E-state index contributed by atoms with van der Waals surface area (Å²) in [5.41, 5.74) is 1.99. The third kappa shape index (κ3) is 6.43. The van der Waals surface area contributed by atoms with Crippen LogP contribution in [0.4, 0.5) is 8.78 Å². The van der Waals surface area contributed by atoms with Gasteiger partial charge in [-0.05, 0) is 36.1 Å². The molecule has 0 atom stereocenters. The van der Waals surface area contributed by atoms with Gasteiger partial charge < -0.3 is 4.74 Å². The van der Waals surface area contributed by atoms with Gasteiger partial charge in [0.1, 0.15) is 0 Å². The van der Waals surface area contributed by atoms with Gasteiger partial charge in [-0.1, -0.05) is 74.7 Å². The molecule has 0 aliphatic rings. The van der Waals surface area contributed by atoms with Crippen molar-refractivity contribution in [2.45, 2.75) is 45.1 Å². The number of carbonyl (C=O) groups is 1. The molecule has 0 unspecified atom stereocenters. The number of halogens is 2. The molecule has 0 aliphatic heterocycles. The average Bonchev–Trinajstić information content (AvgIpc) is 2.65. The van der Waals surface area contributed by atoms with Crippen molar-refractivity contribution in [1.82, 2.24) is 0 Å². The summed E-state index contributed by atoms with van der Waals surface area (Å²) >= 11 is 0. The van der Waals surface area contributed by atoms with Gasteiger partial charge in [0.15, 0.2) is 0 Å². The summed E-state index contributed by atoms with van der Waals surface area (Å²) in [7, 11) is 0. The lowest BCUT2D eigenvalue weighted by molar-refractivity contribution is -0.160. The number of ether oxygens (including phenoxy) is 1. The summed E-state index contributed by atoms with van der Waals surface area (Å²) in [5.74, 6) is -1.04. The van der Waals surface area contributed by atoms with Gasteiger partial charge in [-0.25, -0.2) is 4.79 Å². The Morgan fingerprint density at radius 2 is 1.62 bits per heavy atom. The van der Waals surface area contributed by atoms with Crippen LogP contribution in [0.5, 0.6) is 0 Å². The Morgan fingerprint density at radius 3 is 2.27 bits per heavy atom. The lowest BCUT2D eigenvalue weighted by Crippen LogP contribution is -2.22. The zero-order chi connectivity index (χ0) is 18.8. The maximum absolute atomic E-state index is 13.7. The summed E-state index contributed by atoms with van der Waals surface area (Å²) in [6, 6.07) is 16.0. The standard InChI is InChI=1S/C22H24F2O2/c1-2-3-4-5-6-10-17-22(23,24)26-21(25)20-15-13-19(14-16-20)18-11-8-7-9-12-18/h7-17H,2-6H2,1H3. The van der Waals surface area contributed by atoms with Crippen molar-refractivity contribution in [1.29, 1.82) is 0 Å². The molecule has 4 heteroatoms. The maximum atomic E-state index is 13.7. The quantitative estimate of drug-likeness (QED) is 0.286. The fourth-order valence-electron chi connectivity index (χ4n) is 2.56. The fourth-order valence-corrected chi connectivity index (χ4v) is 2.56. The first-order valence-electron chi connectivity index (χ1n) is 8.96. The van der Waals surface area contributed by atoms with E-state index >= 15 is 0 Å². The SMILES string of the molecule is CCCCCCC=CC(F)(F)OC(=O)c1ccc(-c2ccccc2)cc1. The van der Waals surface area contributed by atoms with E-state index in [1.165, 1.54) is 18.2 Å². The number of carbonyl (C=O) groups excluding carboxylic acids is 1. The molecule has 2 aromatic rings. The van der Waals surface area contributed by atoms with E-state index in [0.717, 1.165) is 36.8 Å². The molecule has 2 aromatic carbocycles. The van der Waals surface area contributed by atoms with Crippen molar-refractivity contribution in [2.75, 3.05) is 0 Å². The highest BCUT2D eigenvalue weighted by Crippen LogP contribution is 2.23. The fraction of sp³-hybridized carbons (Fsp3) is 0.318. The number of hydrogen-bond acceptors (Lipinski definition) is 2. The second-order valence-corrected chi connectivity index (χ2v) is 6.15. The first kappa shape index (κ1) is 19.8. The number of benzene rings is 2. The molecule has 0 aromatic heterocycles. The van der Waals surface area contributed by atoms with E-state index in [1.807, 2.05) is 30.3 Å². The zero-order valence-corrected chi connectivity index (χ0v) is 15.0. The highest BCUT2D eigenvalue weighted by molar-refractivity contribution is 5.90. The molecule has 0 amide bonds. The number of hydrogen-bond donors (Lipinski definition) is 0. The molecule has 138 valence electrons. The minimum Gasteiger partial charge on any atom is -0.394 e. The van der Waals surface area contributed by atoms with E-state index in [0.29, 0.717) is 12.5 Å². The molecular formula is C22H24F2O2. The van der Waals surface area contributed by atoms with Crippen molar-refractivity contribution < 1.29 is 18.3 Å². The van der Waals surface area contributed by atoms with Crippen molar-refractivity contribution >= 4 is 5.97 Å². The maximum Gasteiger partial charge on any atom is 0.421 e. The summed E-state index contributed by atoms with van der Waals surface area (Å²) in [6.07, 6.45) is 3.06. The van der Waals surface area contributed by atoms with Crippen LogP contribution in [-0.4, -0.2) is 12.1 Å². The van der Waals surface area contributed by atoms with E-state index in [1.54, 1.807) is 12.1 Å². The molecule has 0 fully saturated rings. The molecular weight excluding hydrogens is 334 g/mol. The van der Waals surface area contributed by atoms with E-state index in [-0.39, 0.29) is 5.56 Å². The van der Waals surface area contributed by atoms with Gasteiger partial charge in [0.2, 0.25) is 0 Å². The highest BCUT2D eigenvalue weighted by atomic mass is 19.3. The molecule has 0 saturated carbocycles. The molecule has 26 heavy (non-hydrogen) atoms. The van der Waals surface area contributed by atoms with Crippen molar-refractivity contribution in [3.8, 4) is 11.1 Å². The Balaban J connectivity index is 1.90. The topological polar surface area (TPSA) is 26.3 Å². The highest BCUT2D eigenvalue weighted by Gasteiger charge is 2.30. The summed E-state index contributed by atoms with van der Waals surface area (Å²) < 4.78 is 31.8. The van der Waals surface area contributed by atoms with Crippen LogP contribution in [0, 0.1) is 0 Å².